The van der Waals surface area contributed by atoms with E-state index in [4.69, 9.17) is 0 Å². The first-order valence-electron chi connectivity index (χ1n) is 3.96. The van der Waals surface area contributed by atoms with Gasteiger partial charge in [0.1, 0.15) is 5.78 Å². The molecule has 0 unspecified atom stereocenters. The molecule has 0 bridgehead atoms. The SMILES string of the molecule is CC(=O)[C@@H](Br)[C@@H](Br)c1ccccc1. The Morgan fingerprint density at radius 2 is 1.77 bits per heavy atom. The number of carbonyl (C=O) groups excluding carboxylic acids is 1. The molecule has 2 atom stereocenters. The summed E-state index contributed by atoms with van der Waals surface area (Å²) in [5, 5.41) is 0. The van der Waals surface area contributed by atoms with Crippen molar-refractivity contribution in [2.75, 3.05) is 0 Å². The van der Waals surface area contributed by atoms with Gasteiger partial charge in [0, 0.05) is 0 Å². The molecule has 0 aliphatic rings. The lowest BCUT2D eigenvalue weighted by atomic mass is 10.1. The van der Waals surface area contributed by atoms with Crippen molar-refractivity contribution in [3.63, 3.8) is 0 Å². The van der Waals surface area contributed by atoms with Gasteiger partial charge < -0.3 is 0 Å². The van der Waals surface area contributed by atoms with Crippen LogP contribution < -0.4 is 0 Å². The molecule has 3 heteroatoms. The standard InChI is InChI=1S/C10H10Br2O/c1-7(13)9(11)10(12)8-5-3-2-4-6-8/h2-6,9-10H,1H3/t9-,10+/m1/s1. The van der Waals surface area contributed by atoms with Crippen LogP contribution in [0.3, 0.4) is 0 Å². The summed E-state index contributed by atoms with van der Waals surface area (Å²) in [6, 6.07) is 9.88. The molecular formula is C10H10Br2O. The highest BCUT2D eigenvalue weighted by Gasteiger charge is 2.21. The highest BCUT2D eigenvalue weighted by molar-refractivity contribution is 9.12. The summed E-state index contributed by atoms with van der Waals surface area (Å²) >= 11 is 6.83. The highest BCUT2D eigenvalue weighted by atomic mass is 79.9. The normalized spacial score (nSPS) is 15.0. The van der Waals surface area contributed by atoms with Crippen LogP contribution in [-0.4, -0.2) is 10.6 Å². The lowest BCUT2D eigenvalue weighted by molar-refractivity contribution is -0.116. The van der Waals surface area contributed by atoms with Crippen molar-refractivity contribution in [1.29, 1.82) is 0 Å². The van der Waals surface area contributed by atoms with E-state index in [0.717, 1.165) is 5.56 Å². The van der Waals surface area contributed by atoms with Crippen molar-refractivity contribution in [2.45, 2.75) is 16.6 Å². The minimum Gasteiger partial charge on any atom is -0.299 e. The maximum atomic E-state index is 11.1. The van der Waals surface area contributed by atoms with Gasteiger partial charge in [0.25, 0.3) is 0 Å². The van der Waals surface area contributed by atoms with Crippen LogP contribution in [0.25, 0.3) is 0 Å². The summed E-state index contributed by atoms with van der Waals surface area (Å²) in [7, 11) is 0. The van der Waals surface area contributed by atoms with Crippen LogP contribution in [0, 0.1) is 0 Å². The Kier molecular flexibility index (Phi) is 4.13. The molecule has 1 nitrogen and oxygen atoms in total. The van der Waals surface area contributed by atoms with Crippen LogP contribution in [0.5, 0.6) is 0 Å². The van der Waals surface area contributed by atoms with Gasteiger partial charge in [-0.3, -0.25) is 4.79 Å². The second-order valence-electron chi connectivity index (χ2n) is 2.82. The Morgan fingerprint density at radius 1 is 1.23 bits per heavy atom. The van der Waals surface area contributed by atoms with Crippen LogP contribution >= 0.6 is 31.9 Å². The fourth-order valence-corrected chi connectivity index (χ4v) is 1.99. The lowest BCUT2D eigenvalue weighted by Crippen LogP contribution is -2.15. The van der Waals surface area contributed by atoms with Crippen LogP contribution in [-0.2, 0) is 4.79 Å². The molecule has 0 amide bonds. The van der Waals surface area contributed by atoms with E-state index in [1.54, 1.807) is 6.92 Å². The van der Waals surface area contributed by atoms with Crippen molar-refractivity contribution >= 4 is 37.6 Å². The monoisotopic (exact) mass is 304 g/mol. The summed E-state index contributed by atoms with van der Waals surface area (Å²) in [6.07, 6.45) is 0. The van der Waals surface area contributed by atoms with Gasteiger partial charge in [-0.2, -0.15) is 0 Å². The van der Waals surface area contributed by atoms with Crippen molar-refractivity contribution in [3.05, 3.63) is 35.9 Å². The third kappa shape index (κ3) is 2.92. The quantitative estimate of drug-likeness (QED) is 0.782. The lowest BCUT2D eigenvalue weighted by Gasteiger charge is -2.13. The van der Waals surface area contributed by atoms with E-state index in [2.05, 4.69) is 31.9 Å². The van der Waals surface area contributed by atoms with Crippen molar-refractivity contribution < 1.29 is 4.79 Å². The van der Waals surface area contributed by atoms with E-state index in [-0.39, 0.29) is 15.4 Å². The molecule has 13 heavy (non-hydrogen) atoms. The molecule has 0 aliphatic heterocycles. The molecular weight excluding hydrogens is 296 g/mol. The molecule has 1 aromatic carbocycles. The van der Waals surface area contributed by atoms with E-state index < -0.39 is 0 Å². The Bertz CT molecular complexity index is 284. The van der Waals surface area contributed by atoms with Crippen LogP contribution in [0.1, 0.15) is 17.3 Å². The predicted molar refractivity (Wildman–Crippen MR) is 61.5 cm³/mol. The van der Waals surface area contributed by atoms with Crippen LogP contribution in [0.15, 0.2) is 30.3 Å². The first kappa shape index (κ1) is 10.9. The molecule has 0 aliphatic carbocycles. The summed E-state index contributed by atoms with van der Waals surface area (Å²) in [5.74, 6) is 0.130. The van der Waals surface area contributed by atoms with Crippen LogP contribution in [0.2, 0.25) is 0 Å². The number of hydrogen-bond donors (Lipinski definition) is 0. The van der Waals surface area contributed by atoms with Gasteiger partial charge >= 0.3 is 0 Å². The van der Waals surface area contributed by atoms with E-state index >= 15 is 0 Å². The van der Waals surface area contributed by atoms with Gasteiger partial charge in [-0.1, -0.05) is 62.2 Å². The smallest absolute Gasteiger partial charge is 0.144 e. The second-order valence-corrected chi connectivity index (χ2v) is 4.80. The number of ketones is 1. The number of Topliss-reactive ketones (excluding diaryl/α,β-unsaturated/α-hetero) is 1. The zero-order valence-electron chi connectivity index (χ0n) is 7.21. The summed E-state index contributed by atoms with van der Waals surface area (Å²) in [5.41, 5.74) is 1.11. The molecule has 0 fully saturated rings. The fourth-order valence-electron chi connectivity index (χ4n) is 1.01. The van der Waals surface area contributed by atoms with E-state index in [1.807, 2.05) is 30.3 Å². The number of alkyl halides is 2. The van der Waals surface area contributed by atoms with E-state index in [0.29, 0.717) is 0 Å². The molecule has 1 aromatic rings. The van der Waals surface area contributed by atoms with Crippen molar-refractivity contribution in [3.8, 4) is 0 Å². The fraction of sp³-hybridized carbons (Fsp3) is 0.300. The predicted octanol–water partition coefficient (Wildman–Crippen LogP) is 3.48. The molecule has 0 radical (unpaired) electrons. The van der Waals surface area contributed by atoms with Gasteiger partial charge in [0.05, 0.1) is 9.65 Å². The van der Waals surface area contributed by atoms with Gasteiger partial charge in [-0.15, -0.1) is 0 Å². The number of carbonyl (C=O) groups is 1. The minimum absolute atomic E-state index is 0.0474. The number of rotatable bonds is 3. The molecule has 0 N–H and O–H groups in total. The molecule has 70 valence electrons. The second kappa shape index (κ2) is 4.91. The zero-order chi connectivity index (χ0) is 9.84. The molecule has 0 spiro atoms. The van der Waals surface area contributed by atoms with Crippen LogP contribution in [0.4, 0.5) is 0 Å². The van der Waals surface area contributed by atoms with Gasteiger partial charge in [-0.05, 0) is 12.5 Å². The largest absolute Gasteiger partial charge is 0.299 e. The van der Waals surface area contributed by atoms with Gasteiger partial charge in [0.2, 0.25) is 0 Å². The number of hydrogen-bond acceptors (Lipinski definition) is 1. The summed E-state index contributed by atoms with van der Waals surface area (Å²) in [4.78, 5) is 11.0. The topological polar surface area (TPSA) is 17.1 Å². The third-order valence-corrected chi connectivity index (χ3v) is 4.70. The summed E-state index contributed by atoms with van der Waals surface area (Å²) < 4.78 is 0. The summed E-state index contributed by atoms with van der Waals surface area (Å²) in [6.45, 7) is 1.58. The first-order valence-corrected chi connectivity index (χ1v) is 5.79. The Morgan fingerprint density at radius 3 is 2.23 bits per heavy atom. The molecule has 0 saturated carbocycles. The Hall–Kier alpha value is -0.150. The Balaban J connectivity index is 2.79. The minimum atomic E-state index is -0.158. The average Bonchev–Trinajstić information content (AvgIpc) is 2.17. The number of halogens is 2. The van der Waals surface area contributed by atoms with Gasteiger partial charge in [0.15, 0.2) is 0 Å². The molecule has 0 heterocycles. The van der Waals surface area contributed by atoms with Crippen molar-refractivity contribution in [2.24, 2.45) is 0 Å². The van der Waals surface area contributed by atoms with E-state index in [9.17, 15) is 4.79 Å². The number of benzene rings is 1. The third-order valence-electron chi connectivity index (χ3n) is 1.76. The molecule has 1 rings (SSSR count). The van der Waals surface area contributed by atoms with E-state index in [1.165, 1.54) is 0 Å². The van der Waals surface area contributed by atoms with Crippen molar-refractivity contribution in [1.82, 2.24) is 0 Å². The average molecular weight is 306 g/mol. The Labute approximate surface area is 94.8 Å². The maximum Gasteiger partial charge on any atom is 0.144 e. The first-order chi connectivity index (χ1) is 6.13. The zero-order valence-corrected chi connectivity index (χ0v) is 10.4. The molecule has 0 aromatic heterocycles. The molecule has 0 saturated heterocycles. The van der Waals surface area contributed by atoms with Gasteiger partial charge in [-0.25, -0.2) is 0 Å². The highest BCUT2D eigenvalue weighted by Crippen LogP contribution is 2.31. The maximum absolute atomic E-state index is 11.1.